The third-order valence-electron chi connectivity index (χ3n) is 13.2. The first kappa shape index (κ1) is 36.9. The molecule has 2 heterocycles. The molecule has 0 aliphatic carbocycles. The van der Waals surface area contributed by atoms with E-state index >= 15 is 0 Å². The molecule has 3 nitrogen and oxygen atoms in total. The summed E-state index contributed by atoms with van der Waals surface area (Å²) in [6, 6.07) is 85.3. The number of hydrogen-bond acceptors (Lipinski definition) is 2. The third kappa shape index (κ3) is 6.05. The Kier molecular flexibility index (Phi) is 8.53. The lowest BCUT2D eigenvalue weighted by molar-refractivity contribution is 1.19. The summed E-state index contributed by atoms with van der Waals surface area (Å²) in [6.45, 7) is 0. The molecule has 3 heteroatoms. The van der Waals surface area contributed by atoms with Gasteiger partial charge >= 0.3 is 0 Å². The molecule has 2 aromatic heterocycles. The lowest BCUT2D eigenvalue weighted by Crippen LogP contribution is -1.98. The minimum Gasteiger partial charge on any atom is -0.309 e. The minimum absolute atomic E-state index is 0.864. The van der Waals surface area contributed by atoms with Crippen molar-refractivity contribution in [1.82, 2.24) is 14.5 Å². The molecule has 65 heavy (non-hydrogen) atoms. The van der Waals surface area contributed by atoms with Gasteiger partial charge in [0, 0.05) is 27.6 Å². The first-order valence-electron chi connectivity index (χ1n) is 22.2. The van der Waals surface area contributed by atoms with Gasteiger partial charge in [-0.05, 0) is 102 Å². The number of rotatable bonds is 6. The minimum atomic E-state index is 0.864. The topological polar surface area (TPSA) is 30.7 Å². The van der Waals surface area contributed by atoms with Crippen molar-refractivity contribution in [3.8, 4) is 61.6 Å². The Morgan fingerprint density at radius 1 is 0.277 bits per heavy atom. The normalized spacial score (nSPS) is 11.7. The van der Waals surface area contributed by atoms with Crippen LogP contribution in [0.4, 0.5) is 0 Å². The van der Waals surface area contributed by atoms with E-state index in [0.717, 1.165) is 50.0 Å². The number of hydrogen-bond donors (Lipinski definition) is 0. The van der Waals surface area contributed by atoms with Crippen LogP contribution in [0, 0.1) is 0 Å². The molecule has 302 valence electrons. The molecule has 0 aliphatic rings. The zero-order chi connectivity index (χ0) is 42.8. The zero-order valence-corrected chi connectivity index (χ0v) is 35.4. The lowest BCUT2D eigenvalue weighted by Gasteiger charge is -2.15. The first-order valence-corrected chi connectivity index (χ1v) is 22.2. The van der Waals surface area contributed by atoms with Gasteiger partial charge in [0.15, 0.2) is 0 Å². The molecule has 0 fully saturated rings. The molecule has 0 aliphatic heterocycles. The van der Waals surface area contributed by atoms with Crippen LogP contribution >= 0.6 is 0 Å². The fraction of sp³-hybridized carbons (Fsp3) is 0. The van der Waals surface area contributed by atoms with Crippen LogP contribution in [-0.4, -0.2) is 14.5 Å². The van der Waals surface area contributed by atoms with E-state index in [1.807, 2.05) is 18.2 Å². The highest BCUT2D eigenvalue weighted by Crippen LogP contribution is 2.47. The Bertz CT molecular complexity index is 3830. The highest BCUT2D eigenvalue weighted by atomic mass is 15.0. The molecule has 0 N–H and O–H groups in total. The number of benzene rings is 11. The molecule has 0 radical (unpaired) electrons. The van der Waals surface area contributed by atoms with Gasteiger partial charge in [0.05, 0.1) is 33.5 Å². The summed E-state index contributed by atoms with van der Waals surface area (Å²) < 4.78 is 2.50. The van der Waals surface area contributed by atoms with E-state index in [2.05, 4.69) is 223 Å². The summed E-state index contributed by atoms with van der Waals surface area (Å²) in [6.07, 6.45) is 0. The van der Waals surface area contributed by atoms with Crippen molar-refractivity contribution < 1.29 is 0 Å². The molecule has 0 saturated carbocycles. The Labute approximate surface area is 376 Å². The van der Waals surface area contributed by atoms with Crippen LogP contribution in [0.2, 0.25) is 0 Å². The van der Waals surface area contributed by atoms with Gasteiger partial charge in [0.1, 0.15) is 0 Å². The Morgan fingerprint density at radius 3 is 1.31 bits per heavy atom. The van der Waals surface area contributed by atoms with Gasteiger partial charge in [0.25, 0.3) is 0 Å². The van der Waals surface area contributed by atoms with E-state index < -0.39 is 0 Å². The summed E-state index contributed by atoms with van der Waals surface area (Å²) in [5, 5.41) is 9.74. The molecule has 11 aromatic carbocycles. The maximum Gasteiger partial charge on any atom is 0.0979 e. The Balaban J connectivity index is 1.08. The van der Waals surface area contributed by atoms with E-state index in [4.69, 9.17) is 9.97 Å². The van der Waals surface area contributed by atoms with E-state index in [9.17, 15) is 0 Å². The van der Waals surface area contributed by atoms with Crippen molar-refractivity contribution in [3.05, 3.63) is 237 Å². The molecule has 0 saturated heterocycles. The maximum atomic E-state index is 5.37. The Morgan fingerprint density at radius 2 is 0.738 bits per heavy atom. The van der Waals surface area contributed by atoms with Gasteiger partial charge in [0.2, 0.25) is 0 Å². The average molecular weight is 826 g/mol. The maximum absolute atomic E-state index is 5.37. The predicted octanol–water partition coefficient (Wildman–Crippen LogP) is 16.5. The third-order valence-corrected chi connectivity index (χ3v) is 13.2. The summed E-state index contributed by atoms with van der Waals surface area (Å²) in [5.41, 5.74) is 16.2. The standard InChI is InChI=1S/C62H39N3/c1-4-17-40(18-5-1)41-31-33-44(34-32-41)61-62(64-56-30-15-14-29-55(56)63-61)52-28-16-23-45-37-46(35-36-47(45)52)65-57-38-53(42-19-6-2-7-20-42)48-24-10-12-26-50(48)59(57)60-51-27-13-11-25-49(51)54(39-58(60)65)43-21-8-3-9-22-43/h1-39H. The average Bonchev–Trinajstić information content (AvgIpc) is 3.73. The van der Waals surface area contributed by atoms with Gasteiger partial charge in [-0.25, -0.2) is 9.97 Å². The van der Waals surface area contributed by atoms with Crippen molar-refractivity contribution in [3.63, 3.8) is 0 Å². The molecular formula is C62H39N3. The lowest BCUT2D eigenvalue weighted by atomic mass is 9.92. The second kappa shape index (κ2) is 15.0. The largest absolute Gasteiger partial charge is 0.309 e. The van der Waals surface area contributed by atoms with Gasteiger partial charge < -0.3 is 4.57 Å². The van der Waals surface area contributed by atoms with Crippen molar-refractivity contribution in [1.29, 1.82) is 0 Å². The van der Waals surface area contributed by atoms with Crippen molar-refractivity contribution in [2.75, 3.05) is 0 Å². The molecule has 0 atom stereocenters. The number of aromatic nitrogens is 3. The second-order valence-corrected chi connectivity index (χ2v) is 16.9. The fourth-order valence-electron chi connectivity index (χ4n) is 10.2. The monoisotopic (exact) mass is 825 g/mol. The van der Waals surface area contributed by atoms with E-state index in [0.29, 0.717) is 0 Å². The zero-order valence-electron chi connectivity index (χ0n) is 35.4. The van der Waals surface area contributed by atoms with Crippen molar-refractivity contribution in [2.24, 2.45) is 0 Å². The molecule has 0 bridgehead atoms. The summed E-state index contributed by atoms with van der Waals surface area (Å²) in [5.74, 6) is 0. The molecule has 13 aromatic rings. The molecule has 13 rings (SSSR count). The second-order valence-electron chi connectivity index (χ2n) is 16.9. The van der Waals surface area contributed by atoms with Gasteiger partial charge in [-0.2, -0.15) is 0 Å². The predicted molar refractivity (Wildman–Crippen MR) is 274 cm³/mol. The van der Waals surface area contributed by atoms with Crippen LogP contribution in [0.15, 0.2) is 237 Å². The van der Waals surface area contributed by atoms with Crippen molar-refractivity contribution >= 4 is 65.2 Å². The Hall–Kier alpha value is -8.66. The first-order chi connectivity index (χ1) is 32.2. The fourth-order valence-corrected chi connectivity index (χ4v) is 10.2. The number of fused-ring (bicyclic) bond motifs is 9. The summed E-state index contributed by atoms with van der Waals surface area (Å²) >= 11 is 0. The van der Waals surface area contributed by atoms with Crippen molar-refractivity contribution in [2.45, 2.75) is 0 Å². The van der Waals surface area contributed by atoms with E-state index in [1.165, 1.54) is 76.7 Å². The van der Waals surface area contributed by atoms with Gasteiger partial charge in [-0.3, -0.25) is 0 Å². The summed E-state index contributed by atoms with van der Waals surface area (Å²) in [7, 11) is 0. The van der Waals surface area contributed by atoms with Crippen LogP contribution < -0.4 is 0 Å². The SMILES string of the molecule is c1ccc(-c2ccc(-c3nc4ccccc4nc3-c3cccc4cc(-n5c6cc(-c7ccccc7)c7ccccc7c6c6c7ccccc7c(-c7ccccc7)cc65)ccc34)cc2)cc1. The summed E-state index contributed by atoms with van der Waals surface area (Å²) in [4.78, 5) is 10.7. The van der Waals surface area contributed by atoms with Crippen LogP contribution in [-0.2, 0) is 0 Å². The van der Waals surface area contributed by atoms with E-state index in [-0.39, 0.29) is 0 Å². The molecular weight excluding hydrogens is 787 g/mol. The molecule has 0 spiro atoms. The molecule has 0 unspecified atom stereocenters. The number of para-hydroxylation sites is 2. The van der Waals surface area contributed by atoms with Crippen LogP contribution in [0.1, 0.15) is 0 Å². The van der Waals surface area contributed by atoms with Crippen LogP contribution in [0.3, 0.4) is 0 Å². The number of nitrogens with zero attached hydrogens (tertiary/aromatic N) is 3. The quantitative estimate of drug-likeness (QED) is 0.167. The van der Waals surface area contributed by atoms with Crippen LogP contribution in [0.5, 0.6) is 0 Å². The van der Waals surface area contributed by atoms with Gasteiger partial charge in [-0.15, -0.1) is 0 Å². The molecule has 0 amide bonds. The van der Waals surface area contributed by atoms with Gasteiger partial charge in [-0.1, -0.05) is 200 Å². The van der Waals surface area contributed by atoms with E-state index in [1.54, 1.807) is 0 Å². The van der Waals surface area contributed by atoms with Crippen LogP contribution in [0.25, 0.3) is 127 Å². The smallest absolute Gasteiger partial charge is 0.0979 e. The highest BCUT2D eigenvalue weighted by Gasteiger charge is 2.23. The highest BCUT2D eigenvalue weighted by molar-refractivity contribution is 6.31.